The molecule has 0 spiro atoms. The third-order valence-corrected chi connectivity index (χ3v) is 7.69. The Morgan fingerprint density at radius 2 is 1.80 bits per heavy atom. The van der Waals surface area contributed by atoms with E-state index in [1.54, 1.807) is 15.6 Å². The van der Waals surface area contributed by atoms with Gasteiger partial charge < -0.3 is 14.8 Å². The Kier molecular flexibility index (Phi) is 7.64. The molecule has 3 heterocycles. The number of amides is 1. The minimum atomic E-state index is -1.54. The molecule has 1 aliphatic heterocycles. The van der Waals surface area contributed by atoms with Crippen LogP contribution in [-0.2, 0) is 13.6 Å². The average Bonchev–Trinajstić information content (AvgIpc) is 3.63. The molecule has 210 valence electrons. The van der Waals surface area contributed by atoms with E-state index >= 15 is 4.39 Å². The highest BCUT2D eigenvalue weighted by atomic mass is 19.1. The zero-order chi connectivity index (χ0) is 28.5. The predicted molar refractivity (Wildman–Crippen MR) is 156 cm³/mol. The summed E-state index contributed by atoms with van der Waals surface area (Å²) in [6.07, 6.45) is 2.40. The molecule has 2 aromatic carbocycles. The monoisotopic (exact) mass is 542 g/mol. The molecule has 7 nitrogen and oxygen atoms in total. The first kappa shape index (κ1) is 27.8. The van der Waals surface area contributed by atoms with E-state index in [1.807, 2.05) is 68.7 Å². The van der Waals surface area contributed by atoms with Crippen molar-refractivity contribution in [3.8, 4) is 11.3 Å². The Labute approximate surface area is 236 Å². The number of carbonyl (C=O) groups excluding carboxylic acids is 1. The number of benzene rings is 2. The number of aryl methyl sites for hydroxylation is 2. The molecule has 0 bridgehead atoms. The number of aromatic nitrogens is 4. The van der Waals surface area contributed by atoms with Crippen LogP contribution in [0.3, 0.4) is 0 Å². The first-order chi connectivity index (χ1) is 19.0. The normalized spacial score (nSPS) is 18.1. The smallest absolute Gasteiger partial charge is 0.275 e. The molecule has 0 radical (unpaired) electrons. The zero-order valence-corrected chi connectivity index (χ0v) is 24.1. The van der Waals surface area contributed by atoms with Gasteiger partial charge in [-0.1, -0.05) is 81.4 Å². The van der Waals surface area contributed by atoms with Crippen LogP contribution < -0.4 is 5.32 Å². The molecule has 0 unspecified atom stereocenters. The Hall–Kier alpha value is -3.78. The average molecular weight is 543 g/mol. The summed E-state index contributed by atoms with van der Waals surface area (Å²) >= 11 is 0. The van der Waals surface area contributed by atoms with Gasteiger partial charge in [-0.2, -0.15) is 5.10 Å². The lowest BCUT2D eigenvalue weighted by Crippen LogP contribution is -2.50. The number of hydrogen-bond donors (Lipinski definition) is 1. The number of alkyl halides is 1. The number of hydrogen-bond acceptors (Lipinski definition) is 4. The number of imidazole rings is 1. The molecule has 0 aliphatic carbocycles. The van der Waals surface area contributed by atoms with Crippen molar-refractivity contribution in [1.82, 2.24) is 29.5 Å². The Morgan fingerprint density at radius 3 is 2.38 bits per heavy atom. The van der Waals surface area contributed by atoms with Gasteiger partial charge in [0, 0.05) is 37.6 Å². The van der Waals surface area contributed by atoms with Gasteiger partial charge in [0.05, 0.1) is 18.3 Å². The van der Waals surface area contributed by atoms with Crippen molar-refractivity contribution in [1.29, 1.82) is 0 Å². The lowest BCUT2D eigenvalue weighted by molar-refractivity contribution is 0.0236. The minimum Gasteiger partial charge on any atom is -0.328 e. The number of halogens is 1. The van der Waals surface area contributed by atoms with Crippen molar-refractivity contribution in [2.45, 2.75) is 52.4 Å². The highest BCUT2D eigenvalue weighted by Gasteiger charge is 2.45. The third kappa shape index (κ3) is 5.87. The maximum absolute atomic E-state index is 16.2. The fraction of sp³-hybridized carbons (Fsp3) is 0.406. The summed E-state index contributed by atoms with van der Waals surface area (Å²) in [5, 5.41) is 7.63. The highest BCUT2D eigenvalue weighted by Crippen LogP contribution is 2.41. The quantitative estimate of drug-likeness (QED) is 0.316. The standard InChI is InChI=1S/C32H39FN6O/c1-23-18-26(36-37(23)5)30(40)39(22-32(33)16-17-34-21-32)28(31(2,3)4)29-35-27(25-14-10-7-11-15-25)20-38(29)19-24-12-8-6-9-13-24/h6-15,18,20,28,34H,16-17,19,21-22H2,1-5H3/t28-,32-/m0/s1. The summed E-state index contributed by atoms with van der Waals surface area (Å²) in [6.45, 7) is 9.50. The molecule has 0 saturated carbocycles. The topological polar surface area (TPSA) is 68.0 Å². The summed E-state index contributed by atoms with van der Waals surface area (Å²) in [5.41, 5.74) is 2.10. The highest BCUT2D eigenvalue weighted by molar-refractivity contribution is 5.93. The van der Waals surface area contributed by atoms with Gasteiger partial charge in [-0.05, 0) is 36.9 Å². The molecule has 1 fully saturated rings. The number of rotatable bonds is 8. The lowest BCUT2D eigenvalue weighted by atomic mass is 9.83. The van der Waals surface area contributed by atoms with E-state index in [0.717, 1.165) is 28.3 Å². The van der Waals surface area contributed by atoms with Gasteiger partial charge >= 0.3 is 0 Å². The molecule has 4 aromatic rings. The van der Waals surface area contributed by atoms with Crippen molar-refractivity contribution in [3.63, 3.8) is 0 Å². The fourth-order valence-electron chi connectivity index (χ4n) is 5.54. The summed E-state index contributed by atoms with van der Waals surface area (Å²) < 4.78 is 20.0. The number of nitrogens with one attached hydrogen (secondary N) is 1. The van der Waals surface area contributed by atoms with E-state index in [1.165, 1.54) is 0 Å². The summed E-state index contributed by atoms with van der Waals surface area (Å²) in [5.74, 6) is 0.439. The lowest BCUT2D eigenvalue weighted by Gasteiger charge is -2.41. The second kappa shape index (κ2) is 11.0. The molecule has 40 heavy (non-hydrogen) atoms. The van der Waals surface area contributed by atoms with Crippen LogP contribution in [0.4, 0.5) is 4.39 Å². The largest absolute Gasteiger partial charge is 0.328 e. The van der Waals surface area contributed by atoms with Gasteiger partial charge in [0.2, 0.25) is 0 Å². The van der Waals surface area contributed by atoms with Crippen LogP contribution >= 0.6 is 0 Å². The predicted octanol–water partition coefficient (Wildman–Crippen LogP) is 5.57. The van der Waals surface area contributed by atoms with E-state index in [2.05, 4.69) is 47.9 Å². The van der Waals surface area contributed by atoms with Crippen LogP contribution in [0.5, 0.6) is 0 Å². The molecule has 1 N–H and O–H groups in total. The minimum absolute atomic E-state index is 0.0464. The molecular weight excluding hydrogens is 503 g/mol. The van der Waals surface area contributed by atoms with E-state index in [0.29, 0.717) is 25.2 Å². The van der Waals surface area contributed by atoms with Crippen molar-refractivity contribution < 1.29 is 9.18 Å². The van der Waals surface area contributed by atoms with Gasteiger partial charge in [0.1, 0.15) is 11.5 Å². The Morgan fingerprint density at radius 1 is 1.12 bits per heavy atom. The summed E-state index contributed by atoms with van der Waals surface area (Å²) in [7, 11) is 1.81. The Bertz CT molecular complexity index is 1430. The van der Waals surface area contributed by atoms with Gasteiger partial charge in [0.15, 0.2) is 5.69 Å². The van der Waals surface area contributed by atoms with E-state index in [9.17, 15) is 4.79 Å². The first-order valence-electron chi connectivity index (χ1n) is 13.9. The molecular formula is C32H39FN6O. The van der Waals surface area contributed by atoms with Crippen LogP contribution in [0.1, 0.15) is 60.8 Å². The maximum atomic E-state index is 16.2. The Balaban J connectivity index is 1.66. The maximum Gasteiger partial charge on any atom is 0.275 e. The third-order valence-electron chi connectivity index (χ3n) is 7.69. The number of carbonyl (C=O) groups is 1. The van der Waals surface area contributed by atoms with Crippen molar-refractivity contribution in [2.24, 2.45) is 12.5 Å². The molecule has 2 atom stereocenters. The van der Waals surface area contributed by atoms with Crippen LogP contribution in [-0.4, -0.2) is 55.4 Å². The van der Waals surface area contributed by atoms with Crippen molar-refractivity contribution in [2.75, 3.05) is 19.6 Å². The fourth-order valence-corrected chi connectivity index (χ4v) is 5.54. The van der Waals surface area contributed by atoms with Gasteiger partial charge in [-0.25, -0.2) is 9.37 Å². The first-order valence-corrected chi connectivity index (χ1v) is 13.9. The number of nitrogens with zero attached hydrogens (tertiary/aromatic N) is 5. The van der Waals surface area contributed by atoms with Crippen molar-refractivity contribution in [3.05, 3.63) is 95.7 Å². The van der Waals surface area contributed by atoms with Crippen LogP contribution in [0, 0.1) is 12.3 Å². The van der Waals surface area contributed by atoms with Gasteiger partial charge in [-0.15, -0.1) is 0 Å². The zero-order valence-electron chi connectivity index (χ0n) is 24.1. The molecule has 8 heteroatoms. The molecule has 2 aromatic heterocycles. The molecule has 1 saturated heterocycles. The second-order valence-corrected chi connectivity index (χ2v) is 12.0. The molecule has 5 rings (SSSR count). The second-order valence-electron chi connectivity index (χ2n) is 12.0. The van der Waals surface area contributed by atoms with E-state index < -0.39 is 17.1 Å². The van der Waals surface area contributed by atoms with Gasteiger partial charge in [0.25, 0.3) is 5.91 Å². The van der Waals surface area contributed by atoms with Gasteiger partial charge in [-0.3, -0.25) is 9.48 Å². The van der Waals surface area contributed by atoms with Crippen LogP contribution in [0.15, 0.2) is 72.9 Å². The van der Waals surface area contributed by atoms with Crippen molar-refractivity contribution >= 4 is 5.91 Å². The van der Waals surface area contributed by atoms with Crippen LogP contribution in [0.2, 0.25) is 0 Å². The van der Waals surface area contributed by atoms with E-state index in [-0.39, 0.29) is 19.0 Å². The SMILES string of the molecule is Cc1cc(C(=O)N(C[C@]2(F)CCNC2)[C@@H](c2nc(-c3ccccc3)cn2Cc2ccccc2)C(C)(C)C)nn1C. The van der Waals surface area contributed by atoms with Crippen LogP contribution in [0.25, 0.3) is 11.3 Å². The van der Waals surface area contributed by atoms with E-state index in [4.69, 9.17) is 4.98 Å². The summed E-state index contributed by atoms with van der Waals surface area (Å²) in [4.78, 5) is 21.1. The summed E-state index contributed by atoms with van der Waals surface area (Å²) in [6, 6.07) is 21.5. The molecule has 1 amide bonds. The molecule has 1 aliphatic rings.